The average Bonchev–Trinajstić information content (AvgIpc) is 2.59. The van der Waals surface area contributed by atoms with Crippen LogP contribution in [0.1, 0.15) is 15.9 Å². The minimum Gasteiger partial charge on any atom is -0.497 e. The quantitative estimate of drug-likeness (QED) is 0.734. The number of ether oxygens (including phenoxy) is 2. The number of rotatable bonds is 6. The van der Waals surface area contributed by atoms with E-state index in [2.05, 4.69) is 4.74 Å². The van der Waals surface area contributed by atoms with Gasteiger partial charge in [0.15, 0.2) is 0 Å². The zero-order chi connectivity index (χ0) is 18.6. The van der Waals surface area contributed by atoms with Crippen molar-refractivity contribution in [1.82, 2.24) is 0 Å². The Kier molecular flexibility index (Phi) is 5.63. The highest BCUT2D eigenvalue weighted by atomic mass is 32.2. The van der Waals surface area contributed by atoms with E-state index in [1.807, 2.05) is 0 Å². The summed E-state index contributed by atoms with van der Waals surface area (Å²) >= 11 is 0. The van der Waals surface area contributed by atoms with Gasteiger partial charge >= 0.3 is 5.97 Å². The first-order chi connectivity index (χ1) is 11.8. The summed E-state index contributed by atoms with van der Waals surface area (Å²) in [6.07, 6.45) is 1.04. The van der Waals surface area contributed by atoms with Gasteiger partial charge in [-0.25, -0.2) is 17.6 Å². The van der Waals surface area contributed by atoms with Crippen molar-refractivity contribution < 1.29 is 27.1 Å². The Morgan fingerprint density at radius 1 is 1.12 bits per heavy atom. The van der Waals surface area contributed by atoms with Crippen molar-refractivity contribution in [3.8, 4) is 5.75 Å². The molecule has 2 rings (SSSR count). The number of hydrogen-bond acceptors (Lipinski definition) is 5. The molecule has 2 aromatic rings. The van der Waals surface area contributed by atoms with Crippen molar-refractivity contribution in [2.75, 3.05) is 24.8 Å². The number of methoxy groups -OCH3 is 2. The fourth-order valence-electron chi connectivity index (χ4n) is 2.22. The molecule has 0 aliphatic heterocycles. The van der Waals surface area contributed by atoms with Crippen LogP contribution in [0, 0.1) is 5.82 Å². The van der Waals surface area contributed by atoms with Crippen LogP contribution in [-0.2, 0) is 21.3 Å². The van der Waals surface area contributed by atoms with E-state index in [0.717, 1.165) is 16.6 Å². The smallest absolute Gasteiger partial charge is 0.337 e. The van der Waals surface area contributed by atoms with Gasteiger partial charge in [-0.2, -0.15) is 0 Å². The lowest BCUT2D eigenvalue weighted by atomic mass is 10.1. The molecule has 2 aromatic carbocycles. The van der Waals surface area contributed by atoms with Crippen molar-refractivity contribution in [2.45, 2.75) is 6.54 Å². The fourth-order valence-corrected chi connectivity index (χ4v) is 3.10. The van der Waals surface area contributed by atoms with E-state index in [1.165, 1.54) is 26.4 Å². The predicted octanol–water partition coefficient (Wildman–Crippen LogP) is 2.59. The lowest BCUT2D eigenvalue weighted by Crippen LogP contribution is -2.29. The van der Waals surface area contributed by atoms with Crippen molar-refractivity contribution in [1.29, 1.82) is 0 Å². The maximum Gasteiger partial charge on any atom is 0.337 e. The second kappa shape index (κ2) is 7.52. The molecule has 0 radical (unpaired) electrons. The molecule has 0 saturated carbocycles. The molecular formula is C17H18FNO5S. The molecule has 0 heterocycles. The number of nitrogens with zero attached hydrogens (tertiary/aromatic N) is 1. The second-order valence-electron chi connectivity index (χ2n) is 5.27. The number of halogens is 1. The Bertz CT molecular complexity index is 865. The molecule has 6 nitrogen and oxygen atoms in total. The van der Waals surface area contributed by atoms with E-state index < -0.39 is 21.8 Å². The van der Waals surface area contributed by atoms with Gasteiger partial charge in [-0.15, -0.1) is 0 Å². The van der Waals surface area contributed by atoms with Gasteiger partial charge in [-0.3, -0.25) is 4.31 Å². The number of carbonyl (C=O) groups excluding carboxylic acids is 1. The Balaban J connectivity index is 2.36. The Morgan fingerprint density at radius 3 is 2.24 bits per heavy atom. The van der Waals surface area contributed by atoms with Gasteiger partial charge in [0.25, 0.3) is 0 Å². The van der Waals surface area contributed by atoms with Crippen LogP contribution in [0.2, 0.25) is 0 Å². The summed E-state index contributed by atoms with van der Waals surface area (Å²) < 4.78 is 49.2. The molecule has 0 unspecified atom stereocenters. The molecule has 25 heavy (non-hydrogen) atoms. The summed E-state index contributed by atoms with van der Waals surface area (Å²) in [4.78, 5) is 11.4. The van der Waals surface area contributed by atoms with Gasteiger partial charge in [0.2, 0.25) is 10.0 Å². The van der Waals surface area contributed by atoms with E-state index in [0.29, 0.717) is 11.4 Å². The average molecular weight is 367 g/mol. The van der Waals surface area contributed by atoms with Crippen LogP contribution in [0.25, 0.3) is 0 Å². The maximum absolute atomic E-state index is 14.3. The number of benzene rings is 2. The summed E-state index contributed by atoms with van der Waals surface area (Å²) in [6.45, 7) is -0.210. The van der Waals surface area contributed by atoms with Gasteiger partial charge in [0.1, 0.15) is 11.6 Å². The van der Waals surface area contributed by atoms with Crippen molar-refractivity contribution in [3.05, 3.63) is 59.4 Å². The summed E-state index contributed by atoms with van der Waals surface area (Å²) in [6, 6.07) is 10.1. The largest absolute Gasteiger partial charge is 0.497 e. The predicted molar refractivity (Wildman–Crippen MR) is 91.8 cm³/mol. The topological polar surface area (TPSA) is 72.9 Å². The van der Waals surface area contributed by atoms with Crippen molar-refractivity contribution >= 4 is 21.7 Å². The van der Waals surface area contributed by atoms with E-state index >= 15 is 0 Å². The molecule has 0 aromatic heterocycles. The molecule has 0 aliphatic carbocycles. The van der Waals surface area contributed by atoms with E-state index in [-0.39, 0.29) is 17.7 Å². The van der Waals surface area contributed by atoms with Crippen molar-refractivity contribution in [2.24, 2.45) is 0 Å². The first-order valence-electron chi connectivity index (χ1n) is 7.24. The number of esters is 1. The second-order valence-corrected chi connectivity index (χ2v) is 7.17. The summed E-state index contributed by atoms with van der Waals surface area (Å²) in [5, 5.41) is 0. The number of sulfonamides is 1. The van der Waals surface area contributed by atoms with Crippen LogP contribution in [0.4, 0.5) is 10.1 Å². The molecule has 0 amide bonds. The zero-order valence-corrected chi connectivity index (χ0v) is 14.8. The maximum atomic E-state index is 14.3. The molecule has 8 heteroatoms. The Labute approximate surface area is 145 Å². The molecule has 0 atom stereocenters. The summed E-state index contributed by atoms with van der Waals surface area (Å²) in [5.41, 5.74) is 0.563. The van der Waals surface area contributed by atoms with Crippen LogP contribution in [0.15, 0.2) is 42.5 Å². The van der Waals surface area contributed by atoms with Crippen LogP contribution in [-0.4, -0.2) is 34.9 Å². The fraction of sp³-hybridized carbons (Fsp3) is 0.235. The lowest BCUT2D eigenvalue weighted by molar-refractivity contribution is 0.0600. The number of carbonyl (C=O) groups is 1. The molecule has 134 valence electrons. The number of hydrogen-bond donors (Lipinski definition) is 0. The molecule has 0 saturated heterocycles. The molecule has 0 N–H and O–H groups in total. The van der Waals surface area contributed by atoms with Crippen LogP contribution < -0.4 is 9.04 Å². The molecule has 0 bridgehead atoms. The summed E-state index contributed by atoms with van der Waals surface area (Å²) in [7, 11) is -0.950. The monoisotopic (exact) mass is 367 g/mol. The van der Waals surface area contributed by atoms with Gasteiger partial charge in [0.05, 0.1) is 38.3 Å². The zero-order valence-electron chi connectivity index (χ0n) is 14.0. The van der Waals surface area contributed by atoms with Crippen LogP contribution in [0.5, 0.6) is 5.75 Å². The minimum atomic E-state index is -3.65. The van der Waals surface area contributed by atoms with Crippen LogP contribution >= 0.6 is 0 Å². The molecule has 0 spiro atoms. The first kappa shape index (κ1) is 18.7. The van der Waals surface area contributed by atoms with Crippen LogP contribution in [0.3, 0.4) is 0 Å². The first-order valence-corrected chi connectivity index (χ1v) is 9.09. The highest BCUT2D eigenvalue weighted by Crippen LogP contribution is 2.24. The van der Waals surface area contributed by atoms with E-state index in [9.17, 15) is 17.6 Å². The SMILES string of the molecule is COC(=O)c1ccc(CN(c2ccc(OC)cc2)S(C)(=O)=O)c(F)c1. The minimum absolute atomic E-state index is 0.0547. The molecular weight excluding hydrogens is 349 g/mol. The summed E-state index contributed by atoms with van der Waals surface area (Å²) in [5.74, 6) is -0.781. The third-order valence-corrected chi connectivity index (χ3v) is 4.69. The van der Waals surface area contributed by atoms with Crippen molar-refractivity contribution in [3.63, 3.8) is 0 Å². The third kappa shape index (κ3) is 4.48. The Hall–Kier alpha value is -2.61. The Morgan fingerprint density at radius 2 is 1.76 bits per heavy atom. The molecule has 0 aliphatic rings. The lowest BCUT2D eigenvalue weighted by Gasteiger charge is -2.23. The third-order valence-electron chi connectivity index (χ3n) is 3.55. The highest BCUT2D eigenvalue weighted by molar-refractivity contribution is 7.92. The van der Waals surface area contributed by atoms with Gasteiger partial charge in [-0.1, -0.05) is 6.07 Å². The van der Waals surface area contributed by atoms with Gasteiger partial charge < -0.3 is 9.47 Å². The van der Waals surface area contributed by atoms with Gasteiger partial charge in [0, 0.05) is 5.56 Å². The normalized spacial score (nSPS) is 11.0. The van der Waals surface area contributed by atoms with E-state index in [1.54, 1.807) is 24.3 Å². The molecule has 0 fully saturated rings. The standard InChI is InChI=1S/C17H18FNO5S/c1-23-15-8-6-14(7-9-15)19(25(3,21)22)11-13-5-4-12(10-16(13)18)17(20)24-2/h4-10H,11H2,1-3H3. The highest BCUT2D eigenvalue weighted by Gasteiger charge is 2.20. The van der Waals surface area contributed by atoms with E-state index in [4.69, 9.17) is 4.74 Å². The van der Waals surface area contributed by atoms with Gasteiger partial charge in [-0.05, 0) is 36.4 Å². The number of anilines is 1.